The second-order valence-corrected chi connectivity index (χ2v) is 15.5. The molecule has 5 amide bonds. The Morgan fingerprint density at radius 1 is 1.05 bits per heavy atom. The van der Waals surface area contributed by atoms with Crippen LogP contribution in [0, 0.1) is 5.92 Å². The van der Waals surface area contributed by atoms with E-state index in [9.17, 15) is 29.1 Å². The average Bonchev–Trinajstić information content (AvgIpc) is 3.38. The number of amides is 5. The first-order chi connectivity index (χ1) is 26.7. The molecular formula is C39H43ClN10O6. The number of carbonyl (C=O) groups excluding carboxylic acids is 5. The van der Waals surface area contributed by atoms with Gasteiger partial charge in [0.2, 0.25) is 11.8 Å². The Hall–Kier alpha value is -5.71. The third-order valence-electron chi connectivity index (χ3n) is 10.6. The fourth-order valence-corrected chi connectivity index (χ4v) is 7.70. The van der Waals surface area contributed by atoms with Gasteiger partial charge in [-0.15, -0.1) is 0 Å². The second-order valence-electron chi connectivity index (χ2n) is 15.1. The number of carbonyl (C=O) groups is 5. The molecule has 3 aromatic rings. The van der Waals surface area contributed by atoms with Crippen molar-refractivity contribution < 1.29 is 29.1 Å². The standard InChI is InChI=1S/C39H43ClN10O6/c1-39(2,56)29-13-30(42)22(11-31(29)46-35(52)28(14-41)34-44-16-23(40)17-45-34)15-43-24-7-9-48(10-8-24)18-21-19-49(20-21)25-3-4-26-27(12-25)38(55)50(37(26)54)32-5-6-33(51)47-36(32)53/h3-4,11-17,21,24,32,56H,5-10,18-20,41-42H2,1-2H3,(H,46,52)(H,47,51,53)/b28-14+,43-15?. The Kier molecular flexibility index (Phi) is 10.6. The molecule has 0 aliphatic carbocycles. The second kappa shape index (κ2) is 15.4. The molecule has 56 heavy (non-hydrogen) atoms. The molecule has 7 rings (SSSR count). The molecule has 1 unspecified atom stereocenters. The molecular weight excluding hydrogens is 740 g/mol. The molecule has 3 saturated heterocycles. The first-order valence-corrected chi connectivity index (χ1v) is 18.8. The van der Waals surface area contributed by atoms with Crippen LogP contribution in [0.1, 0.15) is 77.2 Å². The van der Waals surface area contributed by atoms with Crippen LogP contribution in [0.5, 0.6) is 0 Å². The summed E-state index contributed by atoms with van der Waals surface area (Å²) < 4.78 is 0. The molecule has 1 atom stereocenters. The topological polar surface area (TPSA) is 230 Å². The lowest BCUT2D eigenvalue weighted by Crippen LogP contribution is -2.54. The van der Waals surface area contributed by atoms with E-state index >= 15 is 0 Å². The SMILES string of the molecule is CC(C)(O)c1cc(N)c(C=NC2CCN(CC3CN(c4ccc5c(c4)C(=O)N(C4CCC(=O)NC4=O)C5=O)C3)CC2)cc1NC(=O)/C(=C/N)c1ncc(Cl)cn1. The minimum Gasteiger partial charge on any atom is -0.404 e. The number of anilines is 3. The number of piperidine rings is 2. The molecule has 0 spiro atoms. The van der Waals surface area contributed by atoms with Crippen molar-refractivity contribution in [3.05, 3.63) is 82.0 Å². The summed E-state index contributed by atoms with van der Waals surface area (Å²) in [6.45, 7) is 7.49. The number of rotatable bonds is 10. The van der Waals surface area contributed by atoms with Gasteiger partial charge in [-0.25, -0.2) is 9.97 Å². The van der Waals surface area contributed by atoms with E-state index in [-0.39, 0.29) is 41.4 Å². The molecule has 4 aliphatic rings. The van der Waals surface area contributed by atoms with Gasteiger partial charge in [0.25, 0.3) is 17.7 Å². The molecule has 17 heteroatoms. The summed E-state index contributed by atoms with van der Waals surface area (Å²) >= 11 is 5.90. The lowest BCUT2D eigenvalue weighted by Gasteiger charge is -2.44. The lowest BCUT2D eigenvalue weighted by molar-refractivity contribution is -0.136. The minimum atomic E-state index is -1.33. The van der Waals surface area contributed by atoms with Crippen LogP contribution in [0.25, 0.3) is 5.57 Å². The van der Waals surface area contributed by atoms with E-state index in [1.54, 1.807) is 44.3 Å². The van der Waals surface area contributed by atoms with Gasteiger partial charge in [0.05, 0.1) is 33.4 Å². The number of fused-ring (bicyclic) bond motifs is 1. The van der Waals surface area contributed by atoms with Crippen molar-refractivity contribution in [2.45, 2.75) is 57.2 Å². The number of benzene rings is 2. The van der Waals surface area contributed by atoms with Gasteiger partial charge in [-0.05, 0) is 63.4 Å². The molecule has 292 valence electrons. The fourth-order valence-electron chi connectivity index (χ4n) is 7.60. The summed E-state index contributed by atoms with van der Waals surface area (Å²) in [5.41, 5.74) is 14.0. The van der Waals surface area contributed by atoms with Gasteiger partial charge < -0.3 is 31.7 Å². The number of likely N-dealkylation sites (tertiary alicyclic amines) is 1. The Morgan fingerprint density at radius 2 is 1.75 bits per heavy atom. The third-order valence-corrected chi connectivity index (χ3v) is 10.8. The Bertz CT molecular complexity index is 2150. The highest BCUT2D eigenvalue weighted by Gasteiger charge is 2.45. The first-order valence-electron chi connectivity index (χ1n) is 18.4. The molecule has 5 heterocycles. The molecule has 0 radical (unpaired) electrons. The highest BCUT2D eigenvalue weighted by Crippen LogP contribution is 2.35. The van der Waals surface area contributed by atoms with Gasteiger partial charge in [0.15, 0.2) is 5.82 Å². The van der Waals surface area contributed by atoms with Crippen molar-refractivity contribution in [1.29, 1.82) is 0 Å². The van der Waals surface area contributed by atoms with Gasteiger partial charge in [-0.1, -0.05) is 11.6 Å². The monoisotopic (exact) mass is 782 g/mol. The molecule has 2 aromatic carbocycles. The molecule has 0 saturated carbocycles. The molecule has 3 fully saturated rings. The number of hydrogen-bond donors (Lipinski definition) is 5. The van der Waals surface area contributed by atoms with E-state index in [4.69, 9.17) is 28.1 Å². The van der Waals surface area contributed by atoms with Crippen molar-refractivity contribution in [1.82, 2.24) is 25.1 Å². The summed E-state index contributed by atoms with van der Waals surface area (Å²) in [4.78, 5) is 82.2. The van der Waals surface area contributed by atoms with Crippen molar-refractivity contribution >= 4 is 70.0 Å². The number of aliphatic imine (C=N–C) groups is 1. The number of hydrogen-bond acceptors (Lipinski definition) is 13. The molecule has 7 N–H and O–H groups in total. The Morgan fingerprint density at radius 3 is 2.41 bits per heavy atom. The molecule has 0 bridgehead atoms. The maximum absolute atomic E-state index is 13.3. The van der Waals surface area contributed by atoms with Gasteiger partial charge in [0.1, 0.15) is 6.04 Å². The van der Waals surface area contributed by atoms with Crippen LogP contribution in [-0.2, 0) is 20.0 Å². The number of nitrogens with two attached hydrogens (primary N) is 2. The summed E-state index contributed by atoms with van der Waals surface area (Å²) in [6, 6.07) is 7.61. The normalized spacial score (nSPS) is 20.1. The highest BCUT2D eigenvalue weighted by atomic mass is 35.5. The number of imide groups is 2. The largest absolute Gasteiger partial charge is 0.404 e. The Labute approximate surface area is 328 Å². The first kappa shape index (κ1) is 38.6. The van der Waals surface area contributed by atoms with Crippen LogP contribution in [-0.4, -0.2) is 105 Å². The third kappa shape index (κ3) is 7.85. The van der Waals surface area contributed by atoms with Crippen LogP contribution in [0.3, 0.4) is 0 Å². The van der Waals surface area contributed by atoms with Gasteiger partial charge in [-0.2, -0.15) is 0 Å². The van der Waals surface area contributed by atoms with Crippen LogP contribution >= 0.6 is 11.6 Å². The quantitative estimate of drug-likeness (QED) is 0.0864. The van der Waals surface area contributed by atoms with Crippen LogP contribution in [0.2, 0.25) is 5.02 Å². The van der Waals surface area contributed by atoms with Crippen LogP contribution in [0.4, 0.5) is 17.1 Å². The number of aliphatic hydroxyl groups is 1. The van der Waals surface area contributed by atoms with E-state index in [1.807, 2.05) is 6.07 Å². The number of halogens is 1. The number of nitrogens with zero attached hydrogens (tertiary/aromatic N) is 6. The van der Waals surface area contributed by atoms with Gasteiger partial charge >= 0.3 is 0 Å². The molecule has 16 nitrogen and oxygen atoms in total. The number of aromatic nitrogens is 2. The van der Waals surface area contributed by atoms with Crippen molar-refractivity contribution in [2.75, 3.05) is 48.7 Å². The summed E-state index contributed by atoms with van der Waals surface area (Å²) in [7, 11) is 0. The molecule has 4 aliphatic heterocycles. The zero-order valence-corrected chi connectivity index (χ0v) is 31.8. The van der Waals surface area contributed by atoms with E-state index in [0.717, 1.165) is 62.4 Å². The highest BCUT2D eigenvalue weighted by molar-refractivity contribution is 6.30. The van der Waals surface area contributed by atoms with Crippen molar-refractivity contribution in [3.8, 4) is 0 Å². The van der Waals surface area contributed by atoms with Crippen molar-refractivity contribution in [3.63, 3.8) is 0 Å². The van der Waals surface area contributed by atoms with E-state index in [2.05, 4.69) is 30.4 Å². The minimum absolute atomic E-state index is 0.0225. The predicted octanol–water partition coefficient (Wildman–Crippen LogP) is 2.30. The summed E-state index contributed by atoms with van der Waals surface area (Å²) in [5.74, 6) is -2.11. The fraction of sp³-hybridized carbons (Fsp3) is 0.385. The summed E-state index contributed by atoms with van der Waals surface area (Å²) in [5, 5.41) is 16.3. The maximum atomic E-state index is 13.3. The summed E-state index contributed by atoms with van der Waals surface area (Å²) in [6.07, 6.45) is 7.45. The average molecular weight is 783 g/mol. The smallest absolute Gasteiger partial charge is 0.262 e. The van der Waals surface area contributed by atoms with E-state index < -0.39 is 41.2 Å². The zero-order chi connectivity index (χ0) is 39.9. The predicted molar refractivity (Wildman–Crippen MR) is 210 cm³/mol. The van der Waals surface area contributed by atoms with Gasteiger partial charge in [0, 0.05) is 98.1 Å². The van der Waals surface area contributed by atoms with Crippen molar-refractivity contribution in [2.24, 2.45) is 16.6 Å². The van der Waals surface area contributed by atoms with E-state index in [1.165, 1.54) is 12.4 Å². The number of nitrogen functional groups attached to an aromatic ring is 1. The Balaban J connectivity index is 0.924. The van der Waals surface area contributed by atoms with Crippen LogP contribution in [0.15, 0.2) is 53.9 Å². The zero-order valence-electron chi connectivity index (χ0n) is 31.0. The van der Waals surface area contributed by atoms with Crippen LogP contribution < -0.4 is 27.0 Å². The molecule has 1 aromatic heterocycles. The lowest BCUT2D eigenvalue weighted by atomic mass is 9.93. The van der Waals surface area contributed by atoms with Gasteiger partial charge in [-0.3, -0.25) is 39.2 Å². The maximum Gasteiger partial charge on any atom is 0.262 e. The number of nitrogens with one attached hydrogen (secondary N) is 2. The van der Waals surface area contributed by atoms with E-state index in [0.29, 0.717) is 33.4 Å².